The quantitative estimate of drug-likeness (QED) is 0.671. The fourth-order valence-electron chi connectivity index (χ4n) is 1.37. The molecule has 14 heavy (non-hydrogen) atoms. The van der Waals surface area contributed by atoms with Gasteiger partial charge in [0.25, 0.3) is 0 Å². The normalized spacial score (nSPS) is 10.9. The molecule has 0 bridgehead atoms. The maximum absolute atomic E-state index is 5.12. The summed E-state index contributed by atoms with van der Waals surface area (Å²) in [6.45, 7) is 2.09. The van der Waals surface area contributed by atoms with Crippen LogP contribution in [0.1, 0.15) is 17.5 Å². The van der Waals surface area contributed by atoms with Crippen molar-refractivity contribution in [3.05, 3.63) is 35.4 Å². The van der Waals surface area contributed by atoms with E-state index in [1.54, 1.807) is 14.2 Å². The summed E-state index contributed by atoms with van der Waals surface area (Å²) in [4.78, 5) is 0. The van der Waals surface area contributed by atoms with Crippen molar-refractivity contribution in [3.63, 3.8) is 0 Å². The van der Waals surface area contributed by atoms with Crippen LogP contribution in [0.3, 0.4) is 0 Å². The number of ether oxygens (including phenoxy) is 2. The first kappa shape index (κ1) is 11.2. The van der Waals surface area contributed by atoms with Gasteiger partial charge in [-0.3, -0.25) is 0 Å². The number of benzene rings is 1. The molecule has 0 aliphatic rings. The lowest BCUT2D eigenvalue weighted by atomic mass is 10.1. The second kappa shape index (κ2) is 5.78. The highest BCUT2D eigenvalue weighted by Gasteiger charge is 2.04. The van der Waals surface area contributed by atoms with Gasteiger partial charge in [-0.1, -0.05) is 29.8 Å². The molecular weight excluding hydrogens is 176 g/mol. The van der Waals surface area contributed by atoms with E-state index in [-0.39, 0.29) is 6.29 Å². The van der Waals surface area contributed by atoms with E-state index in [4.69, 9.17) is 9.47 Å². The van der Waals surface area contributed by atoms with Crippen molar-refractivity contribution in [3.8, 4) is 0 Å². The maximum Gasteiger partial charge on any atom is 0.157 e. The van der Waals surface area contributed by atoms with Gasteiger partial charge in [-0.25, -0.2) is 0 Å². The highest BCUT2D eigenvalue weighted by atomic mass is 16.7. The molecule has 0 N–H and O–H groups in total. The monoisotopic (exact) mass is 194 g/mol. The molecular formula is C12H18O2. The maximum atomic E-state index is 5.12. The van der Waals surface area contributed by atoms with Crippen LogP contribution < -0.4 is 0 Å². The molecule has 2 heteroatoms. The molecule has 0 aliphatic heterocycles. The molecule has 0 aliphatic carbocycles. The second-order valence-corrected chi connectivity index (χ2v) is 3.43. The zero-order valence-corrected chi connectivity index (χ0v) is 9.12. The van der Waals surface area contributed by atoms with Crippen LogP contribution >= 0.6 is 0 Å². The van der Waals surface area contributed by atoms with Crippen LogP contribution in [0.15, 0.2) is 24.3 Å². The molecule has 0 atom stereocenters. The average molecular weight is 194 g/mol. The van der Waals surface area contributed by atoms with Gasteiger partial charge >= 0.3 is 0 Å². The summed E-state index contributed by atoms with van der Waals surface area (Å²) in [5.74, 6) is 0. The molecule has 0 fully saturated rings. The second-order valence-electron chi connectivity index (χ2n) is 3.43. The van der Waals surface area contributed by atoms with Crippen molar-refractivity contribution >= 4 is 0 Å². The Hall–Kier alpha value is -0.860. The first-order valence-corrected chi connectivity index (χ1v) is 4.87. The van der Waals surface area contributed by atoms with E-state index in [1.807, 2.05) is 0 Å². The van der Waals surface area contributed by atoms with Crippen LogP contribution in [-0.4, -0.2) is 20.5 Å². The van der Waals surface area contributed by atoms with Crippen LogP contribution in [0.4, 0.5) is 0 Å². The molecule has 1 rings (SSSR count). The van der Waals surface area contributed by atoms with Gasteiger partial charge in [-0.15, -0.1) is 0 Å². The molecule has 1 aromatic rings. The molecule has 0 radical (unpaired) electrons. The summed E-state index contributed by atoms with van der Waals surface area (Å²) in [7, 11) is 3.34. The fourth-order valence-corrected chi connectivity index (χ4v) is 1.37. The van der Waals surface area contributed by atoms with E-state index in [9.17, 15) is 0 Å². The number of hydrogen-bond donors (Lipinski definition) is 0. The summed E-state index contributed by atoms with van der Waals surface area (Å²) in [5, 5.41) is 0. The molecule has 0 aromatic heterocycles. The average Bonchev–Trinajstić information content (AvgIpc) is 2.22. The topological polar surface area (TPSA) is 18.5 Å². The Morgan fingerprint density at radius 1 is 1.07 bits per heavy atom. The molecule has 1 aromatic carbocycles. The van der Waals surface area contributed by atoms with Crippen LogP contribution in [0.5, 0.6) is 0 Å². The van der Waals surface area contributed by atoms with Gasteiger partial charge in [0.05, 0.1) is 0 Å². The third kappa shape index (κ3) is 3.48. The minimum atomic E-state index is -0.0868. The minimum absolute atomic E-state index is 0.0868. The van der Waals surface area contributed by atoms with Crippen molar-refractivity contribution in [1.29, 1.82) is 0 Å². The van der Waals surface area contributed by atoms with Gasteiger partial charge in [0.15, 0.2) is 6.29 Å². The third-order valence-corrected chi connectivity index (χ3v) is 2.32. The van der Waals surface area contributed by atoms with E-state index in [2.05, 4.69) is 31.2 Å². The lowest BCUT2D eigenvalue weighted by molar-refractivity contribution is -0.105. The lowest BCUT2D eigenvalue weighted by Crippen LogP contribution is -2.13. The minimum Gasteiger partial charge on any atom is -0.356 e. The van der Waals surface area contributed by atoms with E-state index in [0.29, 0.717) is 0 Å². The van der Waals surface area contributed by atoms with Crippen molar-refractivity contribution < 1.29 is 9.47 Å². The van der Waals surface area contributed by atoms with Crippen LogP contribution in [0.25, 0.3) is 0 Å². The van der Waals surface area contributed by atoms with Gasteiger partial charge in [-0.05, 0) is 18.9 Å². The zero-order chi connectivity index (χ0) is 10.4. The van der Waals surface area contributed by atoms with Crippen molar-refractivity contribution in [2.24, 2.45) is 0 Å². The van der Waals surface area contributed by atoms with Gasteiger partial charge in [-0.2, -0.15) is 0 Å². The molecule has 0 amide bonds. The number of hydrogen-bond acceptors (Lipinski definition) is 2. The molecule has 0 spiro atoms. The highest BCUT2D eigenvalue weighted by Crippen LogP contribution is 2.08. The van der Waals surface area contributed by atoms with Crippen molar-refractivity contribution in [2.45, 2.75) is 26.1 Å². The largest absolute Gasteiger partial charge is 0.356 e. The summed E-state index contributed by atoms with van der Waals surface area (Å²) in [6, 6.07) is 8.56. The standard InChI is InChI=1S/C12H18O2/c1-10-4-6-11(7-5-10)8-9-12(13-2)14-3/h4-7,12H,8-9H2,1-3H3. The van der Waals surface area contributed by atoms with Crippen LogP contribution in [0, 0.1) is 6.92 Å². The van der Waals surface area contributed by atoms with Crippen molar-refractivity contribution in [2.75, 3.05) is 14.2 Å². The van der Waals surface area contributed by atoms with E-state index >= 15 is 0 Å². The van der Waals surface area contributed by atoms with Crippen molar-refractivity contribution in [1.82, 2.24) is 0 Å². The summed E-state index contributed by atoms with van der Waals surface area (Å²) in [5.41, 5.74) is 2.62. The Bertz CT molecular complexity index is 250. The molecule has 0 saturated heterocycles. The molecule has 78 valence electrons. The first-order valence-electron chi connectivity index (χ1n) is 4.87. The van der Waals surface area contributed by atoms with Gasteiger partial charge in [0.1, 0.15) is 0 Å². The van der Waals surface area contributed by atoms with E-state index < -0.39 is 0 Å². The molecule has 0 unspecified atom stereocenters. The number of methoxy groups -OCH3 is 2. The number of rotatable bonds is 5. The van der Waals surface area contributed by atoms with Gasteiger partial charge in [0, 0.05) is 20.6 Å². The molecule has 2 nitrogen and oxygen atoms in total. The van der Waals surface area contributed by atoms with Crippen LogP contribution in [0.2, 0.25) is 0 Å². The predicted molar refractivity (Wildman–Crippen MR) is 57.3 cm³/mol. The van der Waals surface area contributed by atoms with E-state index in [1.165, 1.54) is 11.1 Å². The Labute approximate surface area is 85.8 Å². The lowest BCUT2D eigenvalue weighted by Gasteiger charge is -2.12. The summed E-state index contributed by atoms with van der Waals surface area (Å²) >= 11 is 0. The Morgan fingerprint density at radius 2 is 1.64 bits per heavy atom. The highest BCUT2D eigenvalue weighted by molar-refractivity contribution is 5.21. The van der Waals surface area contributed by atoms with Gasteiger partial charge in [0.2, 0.25) is 0 Å². The fraction of sp³-hybridized carbons (Fsp3) is 0.500. The molecule has 0 heterocycles. The van der Waals surface area contributed by atoms with E-state index in [0.717, 1.165) is 12.8 Å². The molecule has 0 saturated carbocycles. The summed E-state index contributed by atoms with van der Waals surface area (Å²) in [6.07, 6.45) is 1.80. The first-order chi connectivity index (χ1) is 6.76. The predicted octanol–water partition coefficient (Wildman–Crippen LogP) is 2.55. The summed E-state index contributed by atoms with van der Waals surface area (Å²) < 4.78 is 10.2. The number of aryl methyl sites for hydroxylation is 2. The van der Waals surface area contributed by atoms with Gasteiger partial charge < -0.3 is 9.47 Å². The third-order valence-electron chi connectivity index (χ3n) is 2.32. The smallest absolute Gasteiger partial charge is 0.157 e. The Morgan fingerprint density at radius 3 is 2.14 bits per heavy atom. The van der Waals surface area contributed by atoms with Crippen LogP contribution in [-0.2, 0) is 15.9 Å². The Kier molecular flexibility index (Phi) is 4.63. The Balaban J connectivity index is 2.41. The zero-order valence-electron chi connectivity index (χ0n) is 9.12. The SMILES string of the molecule is COC(CCc1ccc(C)cc1)OC.